The fraction of sp³-hybridized carbons (Fsp3) is 0.238. The Hall–Kier alpha value is -4.06. The SMILES string of the molecule is COc1ccc(N2CCN(C(=O)/C(C#N)=C/c3ccc(O)c([N+](=O)[O-])c3)CC2)cc1. The molecule has 1 amide bonds. The Morgan fingerprint density at radius 1 is 1.20 bits per heavy atom. The van der Waals surface area contributed by atoms with Crippen molar-refractivity contribution in [2.24, 2.45) is 0 Å². The molecule has 0 radical (unpaired) electrons. The largest absolute Gasteiger partial charge is 0.502 e. The van der Waals surface area contributed by atoms with Crippen molar-refractivity contribution in [3.63, 3.8) is 0 Å². The second kappa shape index (κ2) is 8.96. The van der Waals surface area contributed by atoms with Gasteiger partial charge in [0.05, 0.1) is 12.0 Å². The van der Waals surface area contributed by atoms with Gasteiger partial charge in [-0.05, 0) is 42.0 Å². The van der Waals surface area contributed by atoms with E-state index in [0.29, 0.717) is 31.7 Å². The third kappa shape index (κ3) is 4.50. The lowest BCUT2D eigenvalue weighted by Crippen LogP contribution is -2.49. The van der Waals surface area contributed by atoms with Gasteiger partial charge in [0.15, 0.2) is 5.75 Å². The molecule has 9 nitrogen and oxygen atoms in total. The number of hydrogen-bond acceptors (Lipinski definition) is 7. The van der Waals surface area contributed by atoms with Crippen molar-refractivity contribution in [2.45, 2.75) is 0 Å². The Balaban J connectivity index is 1.70. The third-order valence-corrected chi connectivity index (χ3v) is 4.86. The summed E-state index contributed by atoms with van der Waals surface area (Å²) in [4.78, 5) is 26.7. The highest BCUT2D eigenvalue weighted by molar-refractivity contribution is 6.01. The van der Waals surface area contributed by atoms with Gasteiger partial charge in [-0.1, -0.05) is 6.07 Å². The van der Waals surface area contributed by atoms with E-state index in [0.717, 1.165) is 23.6 Å². The van der Waals surface area contributed by atoms with E-state index in [1.165, 1.54) is 12.1 Å². The number of nitriles is 1. The average Bonchev–Trinajstić information content (AvgIpc) is 2.78. The minimum atomic E-state index is -0.723. The van der Waals surface area contributed by atoms with Crippen LogP contribution in [0.1, 0.15) is 5.56 Å². The van der Waals surface area contributed by atoms with Crippen LogP contribution in [0.25, 0.3) is 6.08 Å². The highest BCUT2D eigenvalue weighted by atomic mass is 16.6. The van der Waals surface area contributed by atoms with Gasteiger partial charge in [-0.15, -0.1) is 0 Å². The van der Waals surface area contributed by atoms with E-state index in [9.17, 15) is 25.3 Å². The molecule has 1 saturated heterocycles. The molecule has 1 fully saturated rings. The number of carbonyl (C=O) groups is 1. The monoisotopic (exact) mass is 408 g/mol. The molecular formula is C21H20N4O5. The number of nitro benzene ring substituents is 1. The lowest BCUT2D eigenvalue weighted by Gasteiger charge is -2.36. The first-order chi connectivity index (χ1) is 14.4. The Morgan fingerprint density at radius 3 is 2.43 bits per heavy atom. The average molecular weight is 408 g/mol. The zero-order valence-electron chi connectivity index (χ0n) is 16.3. The minimum absolute atomic E-state index is 0.118. The zero-order valence-corrected chi connectivity index (χ0v) is 16.3. The van der Waals surface area contributed by atoms with Gasteiger partial charge < -0.3 is 19.6 Å². The van der Waals surface area contributed by atoms with Crippen LogP contribution in [0.2, 0.25) is 0 Å². The van der Waals surface area contributed by atoms with Gasteiger partial charge in [0.25, 0.3) is 5.91 Å². The molecule has 2 aromatic rings. The smallest absolute Gasteiger partial charge is 0.311 e. The Bertz CT molecular complexity index is 1020. The Labute approximate surface area is 173 Å². The van der Waals surface area contributed by atoms with Crippen LogP contribution < -0.4 is 9.64 Å². The van der Waals surface area contributed by atoms with E-state index in [4.69, 9.17) is 4.74 Å². The molecule has 0 spiro atoms. The van der Waals surface area contributed by atoms with Crippen LogP contribution in [0.15, 0.2) is 48.0 Å². The summed E-state index contributed by atoms with van der Waals surface area (Å²) in [5.74, 6) is -0.134. The van der Waals surface area contributed by atoms with Crippen molar-refractivity contribution < 1.29 is 19.6 Å². The number of anilines is 1. The number of nitrogens with zero attached hydrogens (tertiary/aromatic N) is 4. The molecule has 1 heterocycles. The number of carbonyl (C=O) groups excluding carboxylic acids is 1. The first-order valence-electron chi connectivity index (χ1n) is 9.20. The summed E-state index contributed by atoms with van der Waals surface area (Å²) < 4.78 is 5.16. The topological polar surface area (TPSA) is 120 Å². The molecule has 9 heteroatoms. The van der Waals surface area contributed by atoms with E-state index in [1.54, 1.807) is 12.0 Å². The summed E-state index contributed by atoms with van der Waals surface area (Å²) >= 11 is 0. The number of amides is 1. The van der Waals surface area contributed by atoms with Crippen molar-refractivity contribution in [1.82, 2.24) is 4.90 Å². The summed E-state index contributed by atoms with van der Waals surface area (Å²) in [6.45, 7) is 2.11. The quantitative estimate of drug-likeness (QED) is 0.349. The van der Waals surface area contributed by atoms with Crippen molar-refractivity contribution >= 4 is 23.4 Å². The third-order valence-electron chi connectivity index (χ3n) is 4.86. The number of methoxy groups -OCH3 is 1. The summed E-state index contributed by atoms with van der Waals surface area (Å²) in [7, 11) is 1.61. The maximum atomic E-state index is 12.8. The van der Waals surface area contributed by atoms with Gasteiger partial charge >= 0.3 is 5.69 Å². The molecule has 2 aromatic carbocycles. The van der Waals surface area contributed by atoms with Gasteiger partial charge in [-0.2, -0.15) is 5.26 Å². The normalized spacial score (nSPS) is 14.2. The number of phenolic OH excluding ortho intramolecular Hbond substituents is 1. The predicted molar refractivity (Wildman–Crippen MR) is 110 cm³/mol. The summed E-state index contributed by atoms with van der Waals surface area (Å²) in [5.41, 5.74) is 0.714. The second-order valence-electron chi connectivity index (χ2n) is 6.65. The van der Waals surface area contributed by atoms with E-state index < -0.39 is 22.3 Å². The molecule has 30 heavy (non-hydrogen) atoms. The van der Waals surface area contributed by atoms with Gasteiger partial charge in [-0.3, -0.25) is 14.9 Å². The summed E-state index contributed by atoms with van der Waals surface area (Å²) in [6, 6.07) is 13.2. The fourth-order valence-electron chi connectivity index (χ4n) is 3.22. The Morgan fingerprint density at radius 2 is 1.87 bits per heavy atom. The summed E-state index contributed by atoms with van der Waals surface area (Å²) in [5, 5.41) is 29.9. The van der Waals surface area contributed by atoms with Crippen LogP contribution >= 0.6 is 0 Å². The first-order valence-corrected chi connectivity index (χ1v) is 9.20. The predicted octanol–water partition coefficient (Wildman–Crippen LogP) is 2.56. The number of benzene rings is 2. The molecule has 1 aliphatic rings. The van der Waals surface area contributed by atoms with E-state index in [2.05, 4.69) is 4.90 Å². The molecule has 1 aliphatic heterocycles. The van der Waals surface area contributed by atoms with Crippen LogP contribution in [-0.4, -0.2) is 54.1 Å². The second-order valence-corrected chi connectivity index (χ2v) is 6.65. The van der Waals surface area contributed by atoms with Crippen LogP contribution in [0, 0.1) is 21.4 Å². The number of rotatable bonds is 5. The molecule has 0 aromatic heterocycles. The van der Waals surface area contributed by atoms with Gasteiger partial charge in [0.2, 0.25) is 0 Å². The number of aromatic hydroxyl groups is 1. The zero-order chi connectivity index (χ0) is 21.7. The number of hydrogen-bond donors (Lipinski definition) is 1. The van der Waals surface area contributed by atoms with Crippen molar-refractivity contribution in [3.05, 3.63) is 63.7 Å². The van der Waals surface area contributed by atoms with E-state index in [1.807, 2.05) is 30.3 Å². The van der Waals surface area contributed by atoms with Gasteiger partial charge in [-0.25, -0.2) is 0 Å². The van der Waals surface area contributed by atoms with E-state index in [-0.39, 0.29) is 5.57 Å². The minimum Gasteiger partial charge on any atom is -0.502 e. The van der Waals surface area contributed by atoms with Gasteiger partial charge in [0, 0.05) is 37.9 Å². The Kier molecular flexibility index (Phi) is 6.17. The highest BCUT2D eigenvalue weighted by Crippen LogP contribution is 2.27. The number of ether oxygens (including phenoxy) is 1. The molecule has 0 aliphatic carbocycles. The fourth-order valence-corrected chi connectivity index (χ4v) is 3.22. The molecule has 3 rings (SSSR count). The molecule has 154 valence electrons. The maximum absolute atomic E-state index is 12.8. The van der Waals surface area contributed by atoms with Crippen LogP contribution in [-0.2, 0) is 4.79 Å². The van der Waals surface area contributed by atoms with Crippen molar-refractivity contribution in [3.8, 4) is 17.6 Å². The standard InChI is InChI=1S/C21H20N4O5/c1-30-18-5-3-17(4-6-18)23-8-10-24(11-9-23)21(27)16(14-22)12-15-2-7-20(26)19(13-15)25(28)29/h2-7,12-13,26H,8-11H2,1H3/b16-12+. The van der Waals surface area contributed by atoms with E-state index >= 15 is 0 Å². The first kappa shape index (κ1) is 20.7. The highest BCUT2D eigenvalue weighted by Gasteiger charge is 2.24. The maximum Gasteiger partial charge on any atom is 0.311 e. The van der Waals surface area contributed by atoms with Crippen LogP contribution in [0.5, 0.6) is 11.5 Å². The lowest BCUT2D eigenvalue weighted by atomic mass is 10.1. The van der Waals surface area contributed by atoms with Crippen LogP contribution in [0.4, 0.5) is 11.4 Å². The van der Waals surface area contributed by atoms with Crippen molar-refractivity contribution in [2.75, 3.05) is 38.2 Å². The molecule has 0 bridgehead atoms. The van der Waals surface area contributed by atoms with Gasteiger partial charge in [0.1, 0.15) is 17.4 Å². The van der Waals surface area contributed by atoms with Crippen LogP contribution in [0.3, 0.4) is 0 Å². The number of nitro groups is 1. The van der Waals surface area contributed by atoms with Crippen molar-refractivity contribution in [1.29, 1.82) is 5.26 Å². The molecule has 0 atom stereocenters. The molecular weight excluding hydrogens is 388 g/mol. The number of piperazine rings is 1. The summed E-state index contributed by atoms with van der Waals surface area (Å²) in [6.07, 6.45) is 1.30. The molecule has 0 saturated carbocycles. The number of phenols is 1. The molecule has 1 N–H and O–H groups in total. The lowest BCUT2D eigenvalue weighted by molar-refractivity contribution is -0.385. The molecule has 0 unspecified atom stereocenters.